The molecule has 0 atom stereocenters. The highest BCUT2D eigenvalue weighted by Gasteiger charge is 2.11. The second-order valence-electron chi connectivity index (χ2n) is 5.62. The number of hydrogen-bond acceptors (Lipinski definition) is 2. The number of amides is 1. The summed E-state index contributed by atoms with van der Waals surface area (Å²) in [5.41, 5.74) is 1.03. The molecule has 4 nitrogen and oxygen atoms in total. The van der Waals surface area contributed by atoms with Crippen molar-refractivity contribution in [3.8, 4) is 0 Å². The fourth-order valence-electron chi connectivity index (χ4n) is 2.63. The maximum atomic E-state index is 12.3. The molecule has 4 heteroatoms. The van der Waals surface area contributed by atoms with Crippen LogP contribution in [0.2, 0.25) is 0 Å². The van der Waals surface area contributed by atoms with Gasteiger partial charge in [0.25, 0.3) is 0 Å². The third-order valence-electron chi connectivity index (χ3n) is 3.66. The number of fused-ring (bicyclic) bond motifs is 1. The van der Waals surface area contributed by atoms with Crippen LogP contribution in [0.3, 0.4) is 0 Å². The van der Waals surface area contributed by atoms with Crippen LogP contribution in [0.25, 0.3) is 10.8 Å². The van der Waals surface area contributed by atoms with Crippen molar-refractivity contribution in [2.24, 2.45) is 0 Å². The van der Waals surface area contributed by atoms with E-state index in [1.165, 1.54) is 0 Å². The van der Waals surface area contributed by atoms with E-state index >= 15 is 0 Å². The molecule has 0 bridgehead atoms. The maximum absolute atomic E-state index is 12.3. The van der Waals surface area contributed by atoms with Gasteiger partial charge in [0.2, 0.25) is 5.91 Å². The van der Waals surface area contributed by atoms with Gasteiger partial charge in [-0.15, -0.1) is 0 Å². The summed E-state index contributed by atoms with van der Waals surface area (Å²) in [4.78, 5) is 12.3. The molecule has 0 aliphatic carbocycles. The summed E-state index contributed by atoms with van der Waals surface area (Å²) in [5, 5.41) is 9.45. The first-order valence-corrected chi connectivity index (χ1v) is 7.45. The number of carbonyl (C=O) groups excluding carboxylic acids is 1. The molecule has 1 heterocycles. The molecule has 3 aromatic rings. The van der Waals surface area contributed by atoms with Crippen LogP contribution in [-0.2, 0) is 11.2 Å². The third kappa shape index (κ3) is 2.86. The number of benzene rings is 2. The van der Waals surface area contributed by atoms with E-state index in [0.29, 0.717) is 6.42 Å². The SMILES string of the molecule is CC(C)n1nccc1NC(=O)Cc1cccc2ccccc12. The molecule has 0 radical (unpaired) electrons. The fraction of sp³-hybridized carbons (Fsp3) is 0.222. The van der Waals surface area contributed by atoms with Crippen LogP contribution in [0.4, 0.5) is 5.82 Å². The van der Waals surface area contributed by atoms with E-state index < -0.39 is 0 Å². The first kappa shape index (κ1) is 14.3. The van der Waals surface area contributed by atoms with Crippen LogP contribution in [0.15, 0.2) is 54.7 Å². The number of rotatable bonds is 4. The number of carbonyl (C=O) groups is 1. The van der Waals surface area contributed by atoms with Gasteiger partial charge in [-0.1, -0.05) is 42.5 Å². The summed E-state index contributed by atoms with van der Waals surface area (Å²) in [7, 11) is 0. The van der Waals surface area contributed by atoms with E-state index in [4.69, 9.17) is 0 Å². The molecule has 1 aromatic heterocycles. The Morgan fingerprint density at radius 3 is 2.73 bits per heavy atom. The molecule has 3 rings (SSSR count). The fourth-order valence-corrected chi connectivity index (χ4v) is 2.63. The number of anilines is 1. The van der Waals surface area contributed by atoms with E-state index in [2.05, 4.69) is 28.6 Å². The molecule has 0 aliphatic rings. The van der Waals surface area contributed by atoms with Gasteiger partial charge in [0.1, 0.15) is 5.82 Å². The Bertz CT molecular complexity index is 799. The van der Waals surface area contributed by atoms with Crippen LogP contribution in [-0.4, -0.2) is 15.7 Å². The van der Waals surface area contributed by atoms with E-state index in [1.54, 1.807) is 10.9 Å². The average Bonchev–Trinajstić information content (AvgIpc) is 2.96. The number of hydrogen-bond donors (Lipinski definition) is 1. The van der Waals surface area contributed by atoms with E-state index in [9.17, 15) is 4.79 Å². The second kappa shape index (κ2) is 6.02. The van der Waals surface area contributed by atoms with Crippen molar-refractivity contribution in [2.45, 2.75) is 26.3 Å². The summed E-state index contributed by atoms with van der Waals surface area (Å²) in [6.07, 6.45) is 2.05. The molecule has 112 valence electrons. The summed E-state index contributed by atoms with van der Waals surface area (Å²) in [5.74, 6) is 0.707. The van der Waals surface area contributed by atoms with E-state index in [-0.39, 0.29) is 11.9 Å². The van der Waals surface area contributed by atoms with Gasteiger partial charge in [-0.05, 0) is 30.2 Å². The Kier molecular flexibility index (Phi) is 3.92. The lowest BCUT2D eigenvalue weighted by Crippen LogP contribution is -2.18. The minimum atomic E-state index is -0.0289. The largest absolute Gasteiger partial charge is 0.311 e. The van der Waals surface area contributed by atoms with Crippen molar-refractivity contribution in [2.75, 3.05) is 5.32 Å². The third-order valence-corrected chi connectivity index (χ3v) is 3.66. The molecule has 0 unspecified atom stereocenters. The molecule has 0 fully saturated rings. The van der Waals surface area contributed by atoms with Crippen molar-refractivity contribution in [3.05, 3.63) is 60.3 Å². The normalized spacial score (nSPS) is 11.0. The quantitative estimate of drug-likeness (QED) is 0.795. The number of nitrogens with one attached hydrogen (secondary N) is 1. The van der Waals surface area contributed by atoms with Crippen molar-refractivity contribution in [1.82, 2.24) is 9.78 Å². The van der Waals surface area contributed by atoms with Crippen molar-refractivity contribution < 1.29 is 4.79 Å². The highest BCUT2D eigenvalue weighted by molar-refractivity contribution is 5.95. The van der Waals surface area contributed by atoms with E-state index in [0.717, 1.165) is 22.2 Å². The smallest absolute Gasteiger partial charge is 0.229 e. The monoisotopic (exact) mass is 293 g/mol. The standard InChI is InChI=1S/C18H19N3O/c1-13(2)21-17(10-11-19-21)20-18(22)12-15-8-5-7-14-6-3-4-9-16(14)15/h3-11,13H,12H2,1-2H3,(H,20,22). The highest BCUT2D eigenvalue weighted by atomic mass is 16.1. The first-order chi connectivity index (χ1) is 10.6. The molecular weight excluding hydrogens is 274 g/mol. The van der Waals surface area contributed by atoms with Crippen molar-refractivity contribution >= 4 is 22.5 Å². The lowest BCUT2D eigenvalue weighted by Gasteiger charge is -2.12. The van der Waals surface area contributed by atoms with Gasteiger partial charge in [-0.2, -0.15) is 5.10 Å². The van der Waals surface area contributed by atoms with Crippen molar-refractivity contribution in [1.29, 1.82) is 0 Å². The molecule has 1 amide bonds. The Morgan fingerprint density at radius 1 is 1.14 bits per heavy atom. The minimum Gasteiger partial charge on any atom is -0.311 e. The number of aromatic nitrogens is 2. The molecule has 22 heavy (non-hydrogen) atoms. The topological polar surface area (TPSA) is 46.9 Å². The first-order valence-electron chi connectivity index (χ1n) is 7.45. The summed E-state index contributed by atoms with van der Waals surface area (Å²) < 4.78 is 1.81. The Labute approximate surface area is 129 Å². The molecule has 2 aromatic carbocycles. The van der Waals surface area contributed by atoms with Crippen LogP contribution < -0.4 is 5.32 Å². The van der Waals surface area contributed by atoms with Crippen LogP contribution in [0.1, 0.15) is 25.5 Å². The Balaban J connectivity index is 1.80. The summed E-state index contributed by atoms with van der Waals surface area (Å²) in [6.45, 7) is 4.07. The zero-order valence-electron chi connectivity index (χ0n) is 12.8. The molecule has 0 saturated carbocycles. The van der Waals surface area contributed by atoms with Crippen LogP contribution >= 0.6 is 0 Å². The van der Waals surface area contributed by atoms with Gasteiger partial charge >= 0.3 is 0 Å². The molecular formula is C18H19N3O. The van der Waals surface area contributed by atoms with Gasteiger partial charge in [-0.25, -0.2) is 4.68 Å². The molecule has 0 spiro atoms. The summed E-state index contributed by atoms with van der Waals surface area (Å²) >= 11 is 0. The van der Waals surface area contributed by atoms with Gasteiger partial charge < -0.3 is 5.32 Å². The summed E-state index contributed by atoms with van der Waals surface area (Å²) in [6, 6.07) is 16.2. The highest BCUT2D eigenvalue weighted by Crippen LogP contribution is 2.20. The van der Waals surface area contributed by atoms with Crippen LogP contribution in [0, 0.1) is 0 Å². The molecule has 0 aliphatic heterocycles. The van der Waals surface area contributed by atoms with Crippen molar-refractivity contribution in [3.63, 3.8) is 0 Å². The Morgan fingerprint density at radius 2 is 1.91 bits per heavy atom. The lowest BCUT2D eigenvalue weighted by atomic mass is 10.0. The molecule has 1 N–H and O–H groups in total. The van der Waals surface area contributed by atoms with Gasteiger partial charge in [0.15, 0.2) is 0 Å². The van der Waals surface area contributed by atoms with Gasteiger partial charge in [-0.3, -0.25) is 4.79 Å². The zero-order valence-corrected chi connectivity index (χ0v) is 12.8. The predicted octanol–water partition coefficient (Wildman–Crippen LogP) is 3.80. The average molecular weight is 293 g/mol. The lowest BCUT2D eigenvalue weighted by molar-refractivity contribution is -0.115. The van der Waals surface area contributed by atoms with Crippen LogP contribution in [0.5, 0.6) is 0 Å². The maximum Gasteiger partial charge on any atom is 0.229 e. The predicted molar refractivity (Wildman–Crippen MR) is 88.9 cm³/mol. The van der Waals surface area contributed by atoms with E-state index in [1.807, 2.05) is 44.2 Å². The zero-order chi connectivity index (χ0) is 15.5. The molecule has 0 saturated heterocycles. The Hall–Kier alpha value is -2.62. The number of nitrogens with zero attached hydrogens (tertiary/aromatic N) is 2. The van der Waals surface area contributed by atoms with Gasteiger partial charge in [0.05, 0.1) is 12.6 Å². The van der Waals surface area contributed by atoms with Gasteiger partial charge in [0, 0.05) is 12.1 Å². The minimum absolute atomic E-state index is 0.0289. The second-order valence-corrected chi connectivity index (χ2v) is 5.62.